The van der Waals surface area contributed by atoms with Crippen molar-refractivity contribution < 1.29 is 9.59 Å². The number of benzene rings is 2. The number of fused-ring (bicyclic) bond motifs is 1. The number of hydrogen-bond acceptors (Lipinski definition) is 3. The van der Waals surface area contributed by atoms with Crippen LogP contribution in [0, 0.1) is 5.92 Å². The van der Waals surface area contributed by atoms with Crippen molar-refractivity contribution in [3.8, 4) is 11.4 Å². The highest BCUT2D eigenvalue weighted by molar-refractivity contribution is 6.30. The van der Waals surface area contributed by atoms with E-state index in [2.05, 4.69) is 14.9 Å². The van der Waals surface area contributed by atoms with Crippen LogP contribution in [0.15, 0.2) is 54.7 Å². The fraction of sp³-hybridized carbons (Fsp3) is 0.292. The molecule has 1 aromatic heterocycles. The van der Waals surface area contributed by atoms with E-state index in [-0.39, 0.29) is 24.2 Å². The number of anilines is 2. The largest absolute Gasteiger partial charge is 0.328 e. The molecule has 2 aliphatic rings. The van der Waals surface area contributed by atoms with Crippen LogP contribution in [0.5, 0.6) is 0 Å². The Labute approximate surface area is 185 Å². The fourth-order valence-electron chi connectivity index (χ4n) is 4.37. The number of aromatic nitrogens is 2. The second-order valence-corrected chi connectivity index (χ2v) is 8.57. The zero-order valence-corrected chi connectivity index (χ0v) is 17.8. The molecule has 31 heavy (non-hydrogen) atoms. The van der Waals surface area contributed by atoms with Crippen molar-refractivity contribution in [1.82, 2.24) is 9.55 Å². The molecule has 1 atom stereocenters. The van der Waals surface area contributed by atoms with Gasteiger partial charge in [0.05, 0.1) is 5.92 Å². The number of nitrogens with zero attached hydrogens (tertiary/aromatic N) is 3. The van der Waals surface area contributed by atoms with Crippen LogP contribution < -0.4 is 10.2 Å². The van der Waals surface area contributed by atoms with E-state index in [1.54, 1.807) is 29.2 Å². The monoisotopic (exact) mass is 434 g/mol. The molecule has 1 N–H and O–H groups in total. The zero-order valence-electron chi connectivity index (χ0n) is 17.1. The minimum Gasteiger partial charge on any atom is -0.328 e. The Bertz CT molecular complexity index is 1120. The van der Waals surface area contributed by atoms with Crippen LogP contribution in [0.25, 0.3) is 11.4 Å². The first-order valence-electron chi connectivity index (χ1n) is 10.6. The molecule has 0 saturated carbocycles. The van der Waals surface area contributed by atoms with Crippen molar-refractivity contribution >= 4 is 34.8 Å². The van der Waals surface area contributed by atoms with Crippen molar-refractivity contribution in [3.05, 3.63) is 65.4 Å². The summed E-state index contributed by atoms with van der Waals surface area (Å²) >= 11 is 5.93. The van der Waals surface area contributed by atoms with Crippen LogP contribution in [0.3, 0.4) is 0 Å². The Hall–Kier alpha value is -3.12. The number of aryl methyl sites for hydroxylation is 1. The Morgan fingerprint density at radius 3 is 2.61 bits per heavy atom. The summed E-state index contributed by atoms with van der Waals surface area (Å²) in [6, 6.07) is 14.9. The van der Waals surface area contributed by atoms with Gasteiger partial charge in [0.25, 0.3) is 0 Å². The summed E-state index contributed by atoms with van der Waals surface area (Å²) in [6.07, 6.45) is 5.64. The van der Waals surface area contributed by atoms with Crippen molar-refractivity contribution in [2.75, 3.05) is 16.8 Å². The van der Waals surface area contributed by atoms with Crippen molar-refractivity contribution in [3.63, 3.8) is 0 Å². The summed E-state index contributed by atoms with van der Waals surface area (Å²) in [6.45, 7) is 1.37. The Morgan fingerprint density at radius 2 is 1.84 bits per heavy atom. The molecule has 0 aliphatic carbocycles. The molecule has 3 heterocycles. The third-order valence-corrected chi connectivity index (χ3v) is 6.30. The first kappa shape index (κ1) is 19.8. The number of imidazole rings is 1. The molecule has 7 heteroatoms. The topological polar surface area (TPSA) is 67.2 Å². The molecule has 0 spiro atoms. The third kappa shape index (κ3) is 3.95. The van der Waals surface area contributed by atoms with E-state index >= 15 is 0 Å². The van der Waals surface area contributed by atoms with E-state index in [1.165, 1.54) is 18.5 Å². The van der Waals surface area contributed by atoms with Gasteiger partial charge in [-0.2, -0.15) is 0 Å². The van der Waals surface area contributed by atoms with Gasteiger partial charge < -0.3 is 14.8 Å². The van der Waals surface area contributed by atoms with Crippen LogP contribution >= 0.6 is 11.6 Å². The molecule has 3 aromatic rings. The maximum absolute atomic E-state index is 12.8. The highest BCUT2D eigenvalue weighted by Crippen LogP contribution is 2.28. The van der Waals surface area contributed by atoms with Gasteiger partial charge in [-0.15, -0.1) is 0 Å². The van der Waals surface area contributed by atoms with Crippen LogP contribution in [-0.2, 0) is 22.6 Å². The number of halogens is 1. The molecule has 6 nitrogen and oxygen atoms in total. The van der Waals surface area contributed by atoms with E-state index in [0.29, 0.717) is 11.6 Å². The minimum absolute atomic E-state index is 0.0538. The summed E-state index contributed by atoms with van der Waals surface area (Å²) in [4.78, 5) is 31.4. The van der Waals surface area contributed by atoms with Crippen LogP contribution in [0.4, 0.5) is 11.4 Å². The van der Waals surface area contributed by atoms with E-state index in [9.17, 15) is 9.59 Å². The van der Waals surface area contributed by atoms with Crippen molar-refractivity contribution in [2.45, 2.75) is 32.2 Å². The Balaban J connectivity index is 1.25. The average Bonchev–Trinajstić information content (AvgIpc) is 3.39. The van der Waals surface area contributed by atoms with Gasteiger partial charge in [-0.05, 0) is 67.8 Å². The molecular weight excluding hydrogens is 412 g/mol. The van der Waals surface area contributed by atoms with Crippen LogP contribution in [0.1, 0.15) is 25.0 Å². The lowest BCUT2D eigenvalue weighted by atomic mass is 10.1. The smallest absolute Gasteiger partial charge is 0.229 e. The molecule has 0 bridgehead atoms. The third-order valence-electron chi connectivity index (χ3n) is 6.05. The summed E-state index contributed by atoms with van der Waals surface area (Å²) in [7, 11) is 0. The lowest BCUT2D eigenvalue weighted by Gasteiger charge is -2.17. The molecule has 158 valence electrons. The van der Waals surface area contributed by atoms with Gasteiger partial charge in [-0.3, -0.25) is 9.59 Å². The number of rotatable bonds is 4. The first-order valence-corrected chi connectivity index (χ1v) is 11.0. The lowest BCUT2D eigenvalue weighted by Crippen LogP contribution is -2.28. The molecule has 2 aliphatic heterocycles. The standard InChI is InChI=1S/C24H23ClN4O2/c25-18-6-10-20(11-7-18)29-15-17(13-22(29)30)24(31)27-19-8-4-16(5-9-19)23-26-14-21-3-1-2-12-28(21)23/h4-11,14,17H,1-3,12-13,15H2,(H,27,31). The highest BCUT2D eigenvalue weighted by Gasteiger charge is 2.35. The first-order chi connectivity index (χ1) is 15.1. The Kier molecular flexibility index (Phi) is 5.24. The van der Waals surface area contributed by atoms with Gasteiger partial charge in [0.2, 0.25) is 11.8 Å². The second kappa shape index (κ2) is 8.19. The summed E-state index contributed by atoms with van der Waals surface area (Å²) < 4.78 is 2.28. The maximum Gasteiger partial charge on any atom is 0.229 e. The van der Waals surface area contributed by atoms with E-state index in [4.69, 9.17) is 11.6 Å². The maximum atomic E-state index is 12.8. The zero-order chi connectivity index (χ0) is 21.4. The normalized spacial score (nSPS) is 18.2. The summed E-state index contributed by atoms with van der Waals surface area (Å²) in [5.74, 6) is 0.396. The average molecular weight is 435 g/mol. The van der Waals surface area contributed by atoms with E-state index < -0.39 is 0 Å². The second-order valence-electron chi connectivity index (χ2n) is 8.13. The number of nitrogens with one attached hydrogen (secondary N) is 1. The predicted octanol–water partition coefficient (Wildman–Crippen LogP) is 4.53. The highest BCUT2D eigenvalue weighted by atomic mass is 35.5. The van der Waals surface area contributed by atoms with E-state index in [0.717, 1.165) is 35.7 Å². The van der Waals surface area contributed by atoms with Crippen LogP contribution in [0.2, 0.25) is 5.02 Å². The van der Waals surface area contributed by atoms with Gasteiger partial charge in [-0.25, -0.2) is 4.98 Å². The number of hydrogen-bond donors (Lipinski definition) is 1. The summed E-state index contributed by atoms with van der Waals surface area (Å²) in [5.41, 5.74) is 3.81. The summed E-state index contributed by atoms with van der Waals surface area (Å²) in [5, 5.41) is 3.57. The molecule has 2 amide bonds. The van der Waals surface area contributed by atoms with Gasteiger partial charge in [0, 0.05) is 53.4 Å². The van der Waals surface area contributed by atoms with Crippen molar-refractivity contribution in [1.29, 1.82) is 0 Å². The predicted molar refractivity (Wildman–Crippen MR) is 121 cm³/mol. The molecule has 1 fully saturated rings. The molecule has 1 unspecified atom stereocenters. The van der Waals surface area contributed by atoms with Crippen molar-refractivity contribution in [2.24, 2.45) is 5.92 Å². The molecular formula is C24H23ClN4O2. The minimum atomic E-state index is -0.387. The van der Waals surface area contributed by atoms with Gasteiger partial charge in [0.1, 0.15) is 5.82 Å². The lowest BCUT2D eigenvalue weighted by molar-refractivity contribution is -0.122. The van der Waals surface area contributed by atoms with Gasteiger partial charge >= 0.3 is 0 Å². The van der Waals surface area contributed by atoms with Gasteiger partial charge in [-0.1, -0.05) is 11.6 Å². The molecule has 5 rings (SSSR count). The fourth-order valence-corrected chi connectivity index (χ4v) is 4.49. The number of amides is 2. The molecule has 1 saturated heterocycles. The SMILES string of the molecule is O=C(Nc1ccc(-c2ncc3n2CCCC3)cc1)C1CC(=O)N(c2ccc(Cl)cc2)C1. The van der Waals surface area contributed by atoms with Crippen LogP contribution in [-0.4, -0.2) is 27.9 Å². The van der Waals surface area contributed by atoms with E-state index in [1.807, 2.05) is 30.5 Å². The molecule has 2 aromatic carbocycles. The quantitative estimate of drug-likeness (QED) is 0.655. The number of carbonyl (C=O) groups excluding carboxylic acids is 2. The Morgan fingerprint density at radius 1 is 1.06 bits per heavy atom. The molecule has 0 radical (unpaired) electrons. The number of carbonyl (C=O) groups is 2. The van der Waals surface area contributed by atoms with Gasteiger partial charge in [0.15, 0.2) is 0 Å².